The minimum atomic E-state index is 0.214. The molecule has 2 heterocycles. The Morgan fingerprint density at radius 1 is 0.375 bits per heavy atom. The molecule has 1 unspecified atom stereocenters. The largest absolute Gasteiger partial charge is 0.343 e. The molecule has 0 saturated heterocycles. The number of nitrogens with zero attached hydrogens (tertiary/aromatic N) is 2. The third-order valence-electron chi connectivity index (χ3n) is 12.4. The molecular formula is C54H36N2. The summed E-state index contributed by atoms with van der Waals surface area (Å²) in [4.78, 5) is 0. The van der Waals surface area contributed by atoms with Crippen LogP contribution in [0.4, 0.5) is 0 Å². The van der Waals surface area contributed by atoms with Crippen molar-refractivity contribution in [3.05, 3.63) is 211 Å². The van der Waals surface area contributed by atoms with Crippen LogP contribution in [0, 0.1) is 0 Å². The van der Waals surface area contributed by atoms with Crippen molar-refractivity contribution in [3.8, 4) is 39.1 Å². The van der Waals surface area contributed by atoms with E-state index in [0.717, 1.165) is 0 Å². The van der Waals surface area contributed by atoms with Gasteiger partial charge in [-0.3, -0.25) is 0 Å². The molecule has 11 aromatic rings. The molecule has 2 heteroatoms. The van der Waals surface area contributed by atoms with Crippen molar-refractivity contribution in [2.75, 3.05) is 0 Å². The van der Waals surface area contributed by atoms with Crippen molar-refractivity contribution >= 4 is 54.4 Å². The summed E-state index contributed by atoms with van der Waals surface area (Å²) in [6.45, 7) is 0. The summed E-state index contributed by atoms with van der Waals surface area (Å²) in [7, 11) is 2.19. The van der Waals surface area contributed by atoms with Gasteiger partial charge < -0.3 is 9.13 Å². The second kappa shape index (κ2) is 11.9. The SMILES string of the molecule is Cn1c2ccc(-c3ccc4c(c3)c3cc(-c5ccc6c(c5)C(c5ccccc5)c5ccccc5-6)ccc3n4-c3ccccc3)cc2c2ccc3ccccc3c21. The fourth-order valence-electron chi connectivity index (χ4n) is 9.81. The minimum Gasteiger partial charge on any atom is -0.343 e. The standard InChI is InChI=1S/C54H36N2/c1-55-50-27-22-37(30-46(50)45-26-20-34-12-8-9-17-41(34)54(45)55)39-24-29-52-48(32-39)47-31-38(23-28-51(47)56(52)40-15-6-3-7-16-40)36-21-25-43-42-18-10-11-19-44(42)53(49(43)33-36)35-13-4-2-5-14-35/h2-33,53H,1H3. The molecule has 12 rings (SSSR count). The third kappa shape index (κ3) is 4.50. The van der Waals surface area contributed by atoms with Crippen LogP contribution in [-0.4, -0.2) is 9.13 Å². The Morgan fingerprint density at radius 3 is 1.66 bits per heavy atom. The van der Waals surface area contributed by atoms with Gasteiger partial charge in [-0.05, 0) is 110 Å². The highest BCUT2D eigenvalue weighted by Crippen LogP contribution is 2.49. The lowest BCUT2D eigenvalue weighted by atomic mass is 9.88. The third-order valence-corrected chi connectivity index (χ3v) is 12.4. The van der Waals surface area contributed by atoms with Crippen molar-refractivity contribution < 1.29 is 0 Å². The highest BCUT2D eigenvalue weighted by atomic mass is 15.0. The number of hydrogen-bond donors (Lipinski definition) is 0. The number of fused-ring (bicyclic) bond motifs is 11. The molecule has 0 aliphatic heterocycles. The molecule has 2 nitrogen and oxygen atoms in total. The lowest BCUT2D eigenvalue weighted by Crippen LogP contribution is -1.99. The second-order valence-corrected chi connectivity index (χ2v) is 15.3. The molecule has 262 valence electrons. The zero-order valence-corrected chi connectivity index (χ0v) is 30.9. The van der Waals surface area contributed by atoms with Gasteiger partial charge in [-0.2, -0.15) is 0 Å². The molecule has 1 aliphatic rings. The summed E-state index contributed by atoms with van der Waals surface area (Å²) >= 11 is 0. The normalized spacial score (nSPS) is 13.6. The first-order valence-corrected chi connectivity index (χ1v) is 19.5. The lowest BCUT2D eigenvalue weighted by Gasteiger charge is -2.15. The van der Waals surface area contributed by atoms with E-state index in [2.05, 4.69) is 210 Å². The van der Waals surface area contributed by atoms with Gasteiger partial charge in [0.05, 0.1) is 16.6 Å². The zero-order chi connectivity index (χ0) is 36.9. The summed E-state index contributed by atoms with van der Waals surface area (Å²) in [6, 6.07) is 72.0. The Labute approximate surface area is 325 Å². The molecule has 0 bridgehead atoms. The maximum absolute atomic E-state index is 2.44. The molecule has 9 aromatic carbocycles. The molecule has 0 fully saturated rings. The van der Waals surface area contributed by atoms with Crippen LogP contribution >= 0.6 is 0 Å². The number of hydrogen-bond acceptors (Lipinski definition) is 0. The molecule has 0 radical (unpaired) electrons. The number of rotatable bonds is 4. The molecular weight excluding hydrogens is 677 g/mol. The molecule has 1 atom stereocenters. The molecule has 2 aromatic heterocycles. The van der Waals surface area contributed by atoms with Crippen LogP contribution in [0.25, 0.3) is 93.5 Å². The molecule has 56 heavy (non-hydrogen) atoms. The fourth-order valence-corrected chi connectivity index (χ4v) is 9.81. The first-order valence-electron chi connectivity index (χ1n) is 19.5. The van der Waals surface area contributed by atoms with Crippen LogP contribution in [0.3, 0.4) is 0 Å². The second-order valence-electron chi connectivity index (χ2n) is 15.3. The smallest absolute Gasteiger partial charge is 0.0568 e. The Kier molecular flexibility index (Phi) is 6.64. The van der Waals surface area contributed by atoms with E-state index in [0.29, 0.717) is 0 Å². The van der Waals surface area contributed by atoms with E-state index in [1.165, 1.54) is 110 Å². The van der Waals surface area contributed by atoms with Crippen molar-refractivity contribution in [3.63, 3.8) is 0 Å². The quantitative estimate of drug-likeness (QED) is 0.172. The van der Waals surface area contributed by atoms with E-state index in [-0.39, 0.29) is 5.92 Å². The van der Waals surface area contributed by atoms with Gasteiger partial charge in [-0.25, -0.2) is 0 Å². The van der Waals surface area contributed by atoms with Gasteiger partial charge >= 0.3 is 0 Å². The number of aryl methyl sites for hydroxylation is 1. The first kappa shape index (κ1) is 31.2. The van der Waals surface area contributed by atoms with E-state index < -0.39 is 0 Å². The topological polar surface area (TPSA) is 9.86 Å². The van der Waals surface area contributed by atoms with E-state index in [1.54, 1.807) is 0 Å². The highest BCUT2D eigenvalue weighted by molar-refractivity contribution is 6.18. The van der Waals surface area contributed by atoms with E-state index in [9.17, 15) is 0 Å². The van der Waals surface area contributed by atoms with E-state index >= 15 is 0 Å². The van der Waals surface area contributed by atoms with Gasteiger partial charge in [0.2, 0.25) is 0 Å². The predicted octanol–water partition coefficient (Wildman–Crippen LogP) is 14.1. The Morgan fingerprint density at radius 2 is 0.929 bits per heavy atom. The summed E-state index contributed by atoms with van der Waals surface area (Å²) in [5.74, 6) is 0.214. The summed E-state index contributed by atoms with van der Waals surface area (Å²) in [6.07, 6.45) is 0. The van der Waals surface area contributed by atoms with Gasteiger partial charge in [0.25, 0.3) is 0 Å². The maximum atomic E-state index is 2.44. The minimum absolute atomic E-state index is 0.214. The zero-order valence-electron chi connectivity index (χ0n) is 30.9. The average molecular weight is 713 g/mol. The van der Waals surface area contributed by atoms with Crippen LogP contribution in [0.5, 0.6) is 0 Å². The van der Waals surface area contributed by atoms with Crippen molar-refractivity contribution in [1.82, 2.24) is 9.13 Å². The summed E-state index contributed by atoms with van der Waals surface area (Å²) < 4.78 is 4.77. The van der Waals surface area contributed by atoms with Crippen LogP contribution in [0.1, 0.15) is 22.6 Å². The molecule has 0 amide bonds. The maximum Gasteiger partial charge on any atom is 0.0568 e. The Bertz CT molecular complexity index is 3360. The van der Waals surface area contributed by atoms with Gasteiger partial charge in [0.1, 0.15) is 0 Å². The monoisotopic (exact) mass is 712 g/mol. The van der Waals surface area contributed by atoms with Gasteiger partial charge in [-0.15, -0.1) is 0 Å². The van der Waals surface area contributed by atoms with E-state index in [4.69, 9.17) is 0 Å². The van der Waals surface area contributed by atoms with Gasteiger partial charge in [0.15, 0.2) is 0 Å². The number of benzene rings is 9. The molecule has 1 aliphatic carbocycles. The van der Waals surface area contributed by atoms with Crippen LogP contribution in [0.2, 0.25) is 0 Å². The molecule has 0 N–H and O–H groups in total. The van der Waals surface area contributed by atoms with Gasteiger partial charge in [-0.1, -0.05) is 140 Å². The van der Waals surface area contributed by atoms with E-state index in [1.807, 2.05) is 0 Å². The molecule has 0 spiro atoms. The number of para-hydroxylation sites is 1. The molecule has 0 saturated carbocycles. The number of aromatic nitrogens is 2. The lowest BCUT2D eigenvalue weighted by molar-refractivity contribution is 1.02. The average Bonchev–Trinajstić information content (AvgIpc) is 3.88. The van der Waals surface area contributed by atoms with Gasteiger partial charge in [0, 0.05) is 51.1 Å². The van der Waals surface area contributed by atoms with Crippen molar-refractivity contribution in [2.24, 2.45) is 7.05 Å². The summed E-state index contributed by atoms with van der Waals surface area (Å²) in [5.41, 5.74) is 17.8. The Hall–Kier alpha value is -7.16. The van der Waals surface area contributed by atoms with Crippen molar-refractivity contribution in [1.29, 1.82) is 0 Å². The predicted molar refractivity (Wildman–Crippen MR) is 236 cm³/mol. The van der Waals surface area contributed by atoms with Crippen LogP contribution < -0.4 is 0 Å². The summed E-state index contributed by atoms with van der Waals surface area (Å²) in [5, 5.41) is 7.65. The highest BCUT2D eigenvalue weighted by Gasteiger charge is 2.30. The van der Waals surface area contributed by atoms with Crippen molar-refractivity contribution in [2.45, 2.75) is 5.92 Å². The van der Waals surface area contributed by atoms with Crippen LogP contribution in [0.15, 0.2) is 194 Å². The fraction of sp³-hybridized carbons (Fsp3) is 0.0370. The Balaban J connectivity index is 1.04. The van der Waals surface area contributed by atoms with Crippen LogP contribution in [-0.2, 0) is 7.05 Å². The first-order chi connectivity index (χ1) is 27.7.